The highest BCUT2D eigenvalue weighted by molar-refractivity contribution is 5.43. The van der Waals surface area contributed by atoms with Gasteiger partial charge in [0.15, 0.2) is 0 Å². The van der Waals surface area contributed by atoms with Gasteiger partial charge in [-0.1, -0.05) is 60.7 Å². The molecule has 0 aromatic heterocycles. The van der Waals surface area contributed by atoms with Gasteiger partial charge in [-0.25, -0.2) is 0 Å². The van der Waals surface area contributed by atoms with Crippen LogP contribution in [-0.2, 0) is 5.41 Å². The first-order chi connectivity index (χ1) is 8.91. The highest BCUT2D eigenvalue weighted by Crippen LogP contribution is 2.64. The van der Waals surface area contributed by atoms with Gasteiger partial charge in [0, 0.05) is 11.5 Å². The van der Waals surface area contributed by atoms with E-state index in [1.165, 1.54) is 17.5 Å². The van der Waals surface area contributed by atoms with Crippen molar-refractivity contribution < 1.29 is 0 Å². The molecule has 1 heteroatoms. The smallest absolute Gasteiger partial charge is 0.0421 e. The summed E-state index contributed by atoms with van der Waals surface area (Å²) in [6.45, 7) is 1.16. The van der Waals surface area contributed by atoms with Gasteiger partial charge in [-0.15, -0.1) is 0 Å². The lowest BCUT2D eigenvalue weighted by molar-refractivity contribution is 0.504. The Hall–Kier alpha value is -1.60. The van der Waals surface area contributed by atoms with Crippen molar-refractivity contribution in [2.24, 2.45) is 5.92 Å². The van der Waals surface area contributed by atoms with Gasteiger partial charge in [0.2, 0.25) is 0 Å². The molecule has 1 unspecified atom stereocenters. The zero-order valence-corrected chi connectivity index (χ0v) is 10.3. The maximum Gasteiger partial charge on any atom is 0.0421 e. The summed E-state index contributed by atoms with van der Waals surface area (Å²) in [5.74, 6) is 0.824. The van der Waals surface area contributed by atoms with E-state index in [4.69, 9.17) is 0 Å². The molecular weight excluding hydrogens is 218 g/mol. The number of hydrogen-bond acceptors (Lipinski definition) is 1. The van der Waals surface area contributed by atoms with Gasteiger partial charge < -0.3 is 5.32 Å². The van der Waals surface area contributed by atoms with Crippen LogP contribution in [0.4, 0.5) is 0 Å². The van der Waals surface area contributed by atoms with E-state index in [1.807, 2.05) is 0 Å². The van der Waals surface area contributed by atoms with E-state index < -0.39 is 0 Å². The van der Waals surface area contributed by atoms with Crippen LogP contribution in [-0.4, -0.2) is 6.54 Å². The molecule has 0 amide bonds. The summed E-state index contributed by atoms with van der Waals surface area (Å²) < 4.78 is 0. The van der Waals surface area contributed by atoms with Gasteiger partial charge in [-0.2, -0.15) is 0 Å². The van der Waals surface area contributed by atoms with E-state index in [0.717, 1.165) is 12.5 Å². The molecule has 18 heavy (non-hydrogen) atoms. The fourth-order valence-corrected chi connectivity index (χ4v) is 3.73. The van der Waals surface area contributed by atoms with Crippen molar-refractivity contribution in [2.75, 3.05) is 6.54 Å². The summed E-state index contributed by atoms with van der Waals surface area (Å²) in [6, 6.07) is 22.4. The third kappa shape index (κ3) is 1.31. The molecule has 3 atom stereocenters. The molecular formula is C17H17N. The molecule has 2 fully saturated rings. The van der Waals surface area contributed by atoms with E-state index in [9.17, 15) is 0 Å². The average molecular weight is 235 g/mol. The lowest BCUT2D eigenvalue weighted by Crippen LogP contribution is -2.25. The fraction of sp³-hybridized carbons (Fsp3) is 0.294. The summed E-state index contributed by atoms with van der Waals surface area (Å²) >= 11 is 0. The summed E-state index contributed by atoms with van der Waals surface area (Å²) in [7, 11) is 0. The molecule has 0 bridgehead atoms. The Kier molecular flexibility index (Phi) is 2.12. The molecule has 1 aliphatic carbocycles. The van der Waals surface area contributed by atoms with Crippen LogP contribution in [0.25, 0.3) is 0 Å². The van der Waals surface area contributed by atoms with Crippen molar-refractivity contribution in [1.29, 1.82) is 0 Å². The Morgan fingerprint density at radius 1 is 0.889 bits per heavy atom. The first-order valence-electron chi connectivity index (χ1n) is 6.75. The Labute approximate surface area is 108 Å². The van der Waals surface area contributed by atoms with Crippen molar-refractivity contribution >= 4 is 0 Å². The normalized spacial score (nSPS) is 33.1. The van der Waals surface area contributed by atoms with Gasteiger partial charge in [0.25, 0.3) is 0 Å². The maximum atomic E-state index is 3.71. The average Bonchev–Trinajstić information content (AvgIpc) is 3.07. The second-order valence-corrected chi connectivity index (χ2v) is 5.56. The van der Waals surface area contributed by atoms with Crippen LogP contribution >= 0.6 is 0 Å². The standard InChI is InChI=1S/C17H17N/c1-3-7-13(8-4-1)16-17(11-15(17)12-18-16)14-9-5-2-6-10-14/h1-10,15-16,18H,11-12H2/t15?,16-,17-/m1/s1. The molecule has 90 valence electrons. The van der Waals surface area contributed by atoms with Gasteiger partial charge in [-0.3, -0.25) is 0 Å². The van der Waals surface area contributed by atoms with Crippen molar-refractivity contribution in [3.8, 4) is 0 Å². The molecule has 1 aliphatic heterocycles. The largest absolute Gasteiger partial charge is 0.309 e. The third-order valence-electron chi connectivity index (χ3n) is 4.68. The Morgan fingerprint density at radius 2 is 1.56 bits per heavy atom. The van der Waals surface area contributed by atoms with Crippen LogP contribution < -0.4 is 5.32 Å². The van der Waals surface area contributed by atoms with Crippen molar-refractivity contribution in [3.63, 3.8) is 0 Å². The Bertz CT molecular complexity index is 548. The number of fused-ring (bicyclic) bond motifs is 1. The first kappa shape index (κ1) is 10.3. The van der Waals surface area contributed by atoms with Gasteiger partial charge >= 0.3 is 0 Å². The second kappa shape index (κ2) is 3.69. The highest BCUT2D eigenvalue weighted by Gasteiger charge is 2.63. The molecule has 1 nitrogen and oxygen atoms in total. The van der Waals surface area contributed by atoms with Crippen LogP contribution in [0, 0.1) is 5.92 Å². The molecule has 1 saturated carbocycles. The molecule has 0 spiro atoms. The van der Waals surface area contributed by atoms with E-state index in [0.29, 0.717) is 11.5 Å². The van der Waals surface area contributed by atoms with Crippen molar-refractivity contribution in [2.45, 2.75) is 17.9 Å². The van der Waals surface area contributed by atoms with Crippen LogP contribution in [0.15, 0.2) is 60.7 Å². The Morgan fingerprint density at radius 3 is 2.22 bits per heavy atom. The SMILES string of the molecule is c1ccc([C@H]2NCC3C[C@@]32c2ccccc2)cc1. The summed E-state index contributed by atoms with van der Waals surface area (Å²) in [4.78, 5) is 0. The third-order valence-corrected chi connectivity index (χ3v) is 4.68. The number of benzene rings is 2. The van der Waals surface area contributed by atoms with E-state index >= 15 is 0 Å². The van der Waals surface area contributed by atoms with Crippen molar-refractivity contribution in [1.82, 2.24) is 5.32 Å². The van der Waals surface area contributed by atoms with E-state index in [-0.39, 0.29) is 0 Å². The molecule has 1 N–H and O–H groups in total. The highest BCUT2D eigenvalue weighted by atomic mass is 15.0. The fourth-order valence-electron chi connectivity index (χ4n) is 3.73. The predicted molar refractivity (Wildman–Crippen MR) is 73.4 cm³/mol. The molecule has 2 aromatic carbocycles. The molecule has 4 rings (SSSR count). The second-order valence-electron chi connectivity index (χ2n) is 5.56. The van der Waals surface area contributed by atoms with Crippen LogP contribution in [0.1, 0.15) is 23.6 Å². The number of rotatable bonds is 2. The lowest BCUT2D eigenvalue weighted by atomic mass is 9.84. The topological polar surface area (TPSA) is 12.0 Å². The monoisotopic (exact) mass is 235 g/mol. The number of hydrogen-bond donors (Lipinski definition) is 1. The molecule has 2 aliphatic rings. The predicted octanol–water partition coefficient (Wildman–Crippen LogP) is 3.29. The maximum absolute atomic E-state index is 3.71. The van der Waals surface area contributed by atoms with Gasteiger partial charge in [0.1, 0.15) is 0 Å². The van der Waals surface area contributed by atoms with Crippen LogP contribution in [0.5, 0.6) is 0 Å². The molecule has 1 saturated heterocycles. The summed E-state index contributed by atoms with van der Waals surface area (Å²) in [5.41, 5.74) is 3.30. The molecule has 0 radical (unpaired) electrons. The zero-order chi connectivity index (χ0) is 12.0. The number of piperidine rings is 1. The summed E-state index contributed by atoms with van der Waals surface area (Å²) in [5, 5.41) is 3.71. The lowest BCUT2D eigenvalue weighted by Gasteiger charge is -2.24. The Balaban J connectivity index is 1.78. The summed E-state index contributed by atoms with van der Waals surface area (Å²) in [6.07, 6.45) is 1.34. The molecule has 1 heterocycles. The molecule has 2 aromatic rings. The van der Waals surface area contributed by atoms with Gasteiger partial charge in [-0.05, 0) is 30.0 Å². The first-order valence-corrected chi connectivity index (χ1v) is 6.75. The van der Waals surface area contributed by atoms with Crippen molar-refractivity contribution in [3.05, 3.63) is 71.8 Å². The number of nitrogens with one attached hydrogen (secondary N) is 1. The van der Waals surface area contributed by atoms with E-state index in [2.05, 4.69) is 66.0 Å². The van der Waals surface area contributed by atoms with Crippen LogP contribution in [0.3, 0.4) is 0 Å². The van der Waals surface area contributed by atoms with Crippen LogP contribution in [0.2, 0.25) is 0 Å². The zero-order valence-electron chi connectivity index (χ0n) is 10.3. The van der Waals surface area contributed by atoms with E-state index in [1.54, 1.807) is 0 Å². The van der Waals surface area contributed by atoms with Gasteiger partial charge in [0.05, 0.1) is 0 Å². The minimum absolute atomic E-state index is 0.364. The quantitative estimate of drug-likeness (QED) is 0.842. The minimum atomic E-state index is 0.364. The minimum Gasteiger partial charge on any atom is -0.309 e.